The summed E-state index contributed by atoms with van der Waals surface area (Å²) in [7, 11) is -0.359. The van der Waals surface area contributed by atoms with Crippen LogP contribution in [0.5, 0.6) is 11.5 Å². The molecule has 3 aliphatic rings. The summed E-state index contributed by atoms with van der Waals surface area (Å²) in [4.78, 5) is 0. The Morgan fingerprint density at radius 2 is 1.52 bits per heavy atom. The third-order valence-corrected chi connectivity index (χ3v) is 5.20. The monoisotopic (exact) mass is 288 g/mol. The van der Waals surface area contributed by atoms with E-state index in [0.29, 0.717) is 0 Å². The minimum Gasteiger partial charge on any atom is -0.448 e. The summed E-state index contributed by atoms with van der Waals surface area (Å²) in [5, 5.41) is 0. The molecule has 0 unspecified atom stereocenters. The summed E-state index contributed by atoms with van der Waals surface area (Å²) < 4.78 is 24.1. The van der Waals surface area contributed by atoms with E-state index in [9.17, 15) is 0 Å². The van der Waals surface area contributed by atoms with Gasteiger partial charge in [-0.1, -0.05) is 6.07 Å². The van der Waals surface area contributed by atoms with Crippen LogP contribution >= 0.6 is 0 Å². The lowest BCUT2D eigenvalue weighted by Gasteiger charge is -2.35. The fourth-order valence-corrected chi connectivity index (χ4v) is 2.91. The Bertz CT molecular complexity index is 576. The molecule has 0 atom stereocenters. The van der Waals surface area contributed by atoms with Gasteiger partial charge in [0.1, 0.15) is 0 Å². The molecular weight excluding hydrogens is 267 g/mol. The van der Waals surface area contributed by atoms with Crippen molar-refractivity contribution in [2.75, 3.05) is 0 Å². The molecule has 1 saturated carbocycles. The quantitative estimate of drug-likeness (QED) is 0.744. The largest absolute Gasteiger partial charge is 0.494 e. The second kappa shape index (κ2) is 3.96. The molecule has 1 aromatic rings. The molecule has 112 valence electrons. The number of fused-ring (bicyclic) bond motifs is 1. The molecule has 1 aromatic carbocycles. The first-order chi connectivity index (χ1) is 9.80. The van der Waals surface area contributed by atoms with E-state index in [2.05, 4.69) is 27.7 Å². The van der Waals surface area contributed by atoms with Crippen LogP contribution in [0, 0.1) is 0 Å². The number of hydrogen-bond donors (Lipinski definition) is 0. The van der Waals surface area contributed by atoms with E-state index >= 15 is 0 Å². The summed E-state index contributed by atoms with van der Waals surface area (Å²) >= 11 is 0. The van der Waals surface area contributed by atoms with Crippen LogP contribution in [-0.2, 0) is 9.31 Å². The Balaban J connectivity index is 1.60. The SMILES string of the molecule is CC1(C)OB(c2ccc3c(c2)OC2(CCC2)O3)OC1(C)C. The van der Waals surface area contributed by atoms with Crippen LogP contribution in [-0.4, -0.2) is 24.1 Å². The second-order valence-corrected chi connectivity index (χ2v) is 7.26. The van der Waals surface area contributed by atoms with Gasteiger partial charge in [-0.2, -0.15) is 0 Å². The van der Waals surface area contributed by atoms with Crippen LogP contribution < -0.4 is 14.9 Å². The number of ether oxygens (including phenoxy) is 2. The van der Waals surface area contributed by atoms with Crippen molar-refractivity contribution in [3.8, 4) is 11.5 Å². The predicted octanol–water partition coefficient (Wildman–Crippen LogP) is 2.64. The molecule has 4 nitrogen and oxygen atoms in total. The molecule has 0 radical (unpaired) electrons. The number of benzene rings is 1. The average Bonchev–Trinajstić information content (AvgIpc) is 2.84. The average molecular weight is 288 g/mol. The van der Waals surface area contributed by atoms with Crippen LogP contribution in [0.2, 0.25) is 0 Å². The second-order valence-electron chi connectivity index (χ2n) is 7.26. The molecule has 5 heteroatoms. The van der Waals surface area contributed by atoms with Crippen molar-refractivity contribution in [3.05, 3.63) is 18.2 Å². The zero-order chi connectivity index (χ0) is 14.9. The van der Waals surface area contributed by atoms with Gasteiger partial charge in [0.25, 0.3) is 5.79 Å². The normalized spacial score (nSPS) is 27.0. The Kier molecular flexibility index (Phi) is 2.54. The number of rotatable bonds is 1. The molecule has 0 amide bonds. The van der Waals surface area contributed by atoms with Crippen LogP contribution in [0.4, 0.5) is 0 Å². The minimum absolute atomic E-state index is 0.330. The van der Waals surface area contributed by atoms with Crippen molar-refractivity contribution in [2.45, 2.75) is 63.9 Å². The van der Waals surface area contributed by atoms with Crippen molar-refractivity contribution in [2.24, 2.45) is 0 Å². The van der Waals surface area contributed by atoms with Crippen molar-refractivity contribution >= 4 is 12.6 Å². The first-order valence-corrected chi connectivity index (χ1v) is 7.68. The van der Waals surface area contributed by atoms with Gasteiger partial charge in [0, 0.05) is 12.8 Å². The topological polar surface area (TPSA) is 36.9 Å². The lowest BCUT2D eigenvalue weighted by molar-refractivity contribution is -0.138. The van der Waals surface area contributed by atoms with Crippen molar-refractivity contribution in [1.82, 2.24) is 0 Å². The first-order valence-electron chi connectivity index (χ1n) is 7.68. The molecular formula is C16H21BO4. The minimum atomic E-state index is -0.392. The van der Waals surface area contributed by atoms with Gasteiger partial charge in [-0.15, -0.1) is 0 Å². The molecule has 4 rings (SSSR count). The van der Waals surface area contributed by atoms with Crippen LogP contribution in [0.3, 0.4) is 0 Å². The van der Waals surface area contributed by atoms with E-state index in [-0.39, 0.29) is 18.3 Å². The van der Waals surface area contributed by atoms with Gasteiger partial charge >= 0.3 is 7.12 Å². The van der Waals surface area contributed by atoms with Gasteiger partial charge in [-0.3, -0.25) is 0 Å². The summed E-state index contributed by atoms with van der Waals surface area (Å²) in [6.07, 6.45) is 3.10. The van der Waals surface area contributed by atoms with Gasteiger partial charge in [-0.25, -0.2) is 0 Å². The Morgan fingerprint density at radius 1 is 0.905 bits per heavy atom. The smallest absolute Gasteiger partial charge is 0.448 e. The maximum absolute atomic E-state index is 6.08. The fourth-order valence-electron chi connectivity index (χ4n) is 2.91. The van der Waals surface area contributed by atoms with Crippen LogP contribution in [0.1, 0.15) is 47.0 Å². The van der Waals surface area contributed by atoms with Gasteiger partial charge in [0.2, 0.25) is 0 Å². The van der Waals surface area contributed by atoms with E-state index in [4.69, 9.17) is 18.8 Å². The van der Waals surface area contributed by atoms with Gasteiger partial charge < -0.3 is 18.8 Å². The Labute approximate surface area is 125 Å². The first kappa shape index (κ1) is 13.5. The third-order valence-electron chi connectivity index (χ3n) is 5.20. The molecule has 2 heterocycles. The van der Waals surface area contributed by atoms with E-state index in [1.807, 2.05) is 18.2 Å². The molecule has 21 heavy (non-hydrogen) atoms. The maximum atomic E-state index is 6.08. The highest BCUT2D eigenvalue weighted by Gasteiger charge is 2.52. The van der Waals surface area contributed by atoms with Crippen LogP contribution in [0.15, 0.2) is 18.2 Å². The highest BCUT2D eigenvalue weighted by Crippen LogP contribution is 2.47. The van der Waals surface area contributed by atoms with Gasteiger partial charge in [-0.05, 0) is 51.7 Å². The lowest BCUT2D eigenvalue weighted by atomic mass is 9.79. The molecule has 0 N–H and O–H groups in total. The van der Waals surface area contributed by atoms with Crippen molar-refractivity contribution in [3.63, 3.8) is 0 Å². The fraction of sp³-hybridized carbons (Fsp3) is 0.625. The van der Waals surface area contributed by atoms with Gasteiger partial charge in [0.05, 0.1) is 11.2 Å². The standard InChI is InChI=1S/C16H21BO4/c1-14(2)15(3,4)21-17(20-14)11-6-7-12-13(10-11)19-16(18-12)8-5-9-16/h6-7,10H,5,8-9H2,1-4H3. The molecule has 0 aromatic heterocycles. The maximum Gasteiger partial charge on any atom is 0.494 e. The Morgan fingerprint density at radius 3 is 2.10 bits per heavy atom. The summed E-state index contributed by atoms with van der Waals surface area (Å²) in [6, 6.07) is 5.95. The zero-order valence-corrected chi connectivity index (χ0v) is 13.1. The van der Waals surface area contributed by atoms with E-state index in [1.54, 1.807) is 0 Å². The van der Waals surface area contributed by atoms with E-state index in [0.717, 1.165) is 36.2 Å². The van der Waals surface area contributed by atoms with E-state index in [1.165, 1.54) is 0 Å². The Hall–Kier alpha value is -1.20. The zero-order valence-electron chi connectivity index (χ0n) is 13.1. The summed E-state index contributed by atoms with van der Waals surface area (Å²) in [5.74, 6) is 1.24. The molecule has 1 aliphatic carbocycles. The van der Waals surface area contributed by atoms with E-state index < -0.39 is 5.79 Å². The summed E-state index contributed by atoms with van der Waals surface area (Å²) in [5.41, 5.74) is 0.319. The molecule has 1 saturated heterocycles. The van der Waals surface area contributed by atoms with Crippen LogP contribution in [0.25, 0.3) is 0 Å². The molecule has 2 fully saturated rings. The molecule has 0 bridgehead atoms. The van der Waals surface area contributed by atoms with Crippen molar-refractivity contribution < 1.29 is 18.8 Å². The van der Waals surface area contributed by atoms with Crippen molar-refractivity contribution in [1.29, 1.82) is 0 Å². The molecule has 2 aliphatic heterocycles. The van der Waals surface area contributed by atoms with Gasteiger partial charge in [0.15, 0.2) is 11.5 Å². The highest BCUT2D eigenvalue weighted by atomic mass is 16.7. The third kappa shape index (κ3) is 1.90. The highest BCUT2D eigenvalue weighted by molar-refractivity contribution is 6.62. The lowest BCUT2D eigenvalue weighted by Crippen LogP contribution is -2.45. The summed E-state index contributed by atoms with van der Waals surface area (Å²) in [6.45, 7) is 8.24. The predicted molar refractivity (Wildman–Crippen MR) is 80.0 cm³/mol. The number of hydrogen-bond acceptors (Lipinski definition) is 4. The molecule has 1 spiro atoms.